The Kier molecular flexibility index (Phi) is 9.62. The quantitative estimate of drug-likeness (QED) is 0.466. The molecule has 0 heterocycles. The number of halogens is 1. The fourth-order valence-electron chi connectivity index (χ4n) is 3.07. The number of hydrogen-bond acceptors (Lipinski definition) is 3. The Balaban J connectivity index is 2.19. The van der Waals surface area contributed by atoms with Crippen molar-refractivity contribution in [3.63, 3.8) is 0 Å². The molecule has 0 fully saturated rings. The number of ether oxygens (including phenoxy) is 1. The van der Waals surface area contributed by atoms with Crippen LogP contribution < -0.4 is 10.1 Å². The summed E-state index contributed by atoms with van der Waals surface area (Å²) in [4.78, 5) is 27.7. The fraction of sp³-hybridized carbons (Fsp3) is 0.417. The van der Waals surface area contributed by atoms with Crippen LogP contribution in [0.5, 0.6) is 5.75 Å². The van der Waals surface area contributed by atoms with Gasteiger partial charge < -0.3 is 15.0 Å². The number of carbonyl (C=O) groups is 2. The van der Waals surface area contributed by atoms with E-state index in [9.17, 15) is 9.59 Å². The normalized spacial score (nSPS) is 11.8. The van der Waals surface area contributed by atoms with Crippen LogP contribution in [-0.4, -0.2) is 35.9 Å². The summed E-state index contributed by atoms with van der Waals surface area (Å²) in [6.45, 7) is 8.88. The molecule has 0 aliphatic heterocycles. The van der Waals surface area contributed by atoms with Gasteiger partial charge in [0.15, 0.2) is 6.61 Å². The highest BCUT2D eigenvalue weighted by atomic mass is 127. The monoisotopic (exact) mass is 522 g/mol. The predicted octanol–water partition coefficient (Wildman–Crippen LogP) is 4.56. The molecule has 2 aromatic rings. The van der Waals surface area contributed by atoms with Crippen LogP contribution in [0.4, 0.5) is 0 Å². The molecule has 0 saturated carbocycles. The third-order valence-corrected chi connectivity index (χ3v) is 5.57. The minimum Gasteiger partial charge on any atom is -0.484 e. The molecule has 0 aliphatic carbocycles. The van der Waals surface area contributed by atoms with Gasteiger partial charge in [-0.05, 0) is 77.2 Å². The van der Waals surface area contributed by atoms with E-state index in [4.69, 9.17) is 4.74 Å². The molecular weight excluding hydrogens is 491 g/mol. The second-order valence-electron chi connectivity index (χ2n) is 7.75. The Hall–Kier alpha value is -2.09. The lowest BCUT2D eigenvalue weighted by molar-refractivity contribution is -0.143. The molecule has 0 spiro atoms. The number of benzene rings is 2. The van der Waals surface area contributed by atoms with E-state index < -0.39 is 6.04 Å². The van der Waals surface area contributed by atoms with E-state index in [2.05, 4.69) is 27.9 Å². The highest BCUT2D eigenvalue weighted by molar-refractivity contribution is 14.1. The third kappa shape index (κ3) is 7.31. The van der Waals surface area contributed by atoms with E-state index >= 15 is 0 Å². The SMILES string of the molecule is CC[C@H](C(=O)NCC(C)C)N(Cc1ccccc1C)C(=O)COc1ccc(I)cc1. The first-order chi connectivity index (χ1) is 14.3. The first-order valence-corrected chi connectivity index (χ1v) is 11.4. The maximum absolute atomic E-state index is 13.2. The molecule has 162 valence electrons. The molecule has 1 N–H and O–H groups in total. The molecule has 2 amide bonds. The second-order valence-corrected chi connectivity index (χ2v) is 9.00. The van der Waals surface area contributed by atoms with Crippen molar-refractivity contribution in [3.8, 4) is 5.75 Å². The average molecular weight is 522 g/mol. The summed E-state index contributed by atoms with van der Waals surface area (Å²) in [5.41, 5.74) is 2.11. The van der Waals surface area contributed by atoms with Crippen LogP contribution in [0.1, 0.15) is 38.3 Å². The maximum atomic E-state index is 13.2. The van der Waals surface area contributed by atoms with Crippen LogP contribution in [0, 0.1) is 16.4 Å². The minimum atomic E-state index is -0.545. The zero-order chi connectivity index (χ0) is 22.1. The van der Waals surface area contributed by atoms with Crippen molar-refractivity contribution in [2.24, 2.45) is 5.92 Å². The van der Waals surface area contributed by atoms with E-state index in [1.807, 2.05) is 76.2 Å². The first-order valence-electron chi connectivity index (χ1n) is 10.3. The van der Waals surface area contributed by atoms with Crippen LogP contribution in [-0.2, 0) is 16.1 Å². The summed E-state index contributed by atoms with van der Waals surface area (Å²) in [6.07, 6.45) is 0.533. The lowest BCUT2D eigenvalue weighted by Gasteiger charge is -2.31. The summed E-state index contributed by atoms with van der Waals surface area (Å²) >= 11 is 2.22. The van der Waals surface area contributed by atoms with Crippen LogP contribution >= 0.6 is 22.6 Å². The molecule has 6 heteroatoms. The maximum Gasteiger partial charge on any atom is 0.261 e. The Morgan fingerprint density at radius 2 is 1.77 bits per heavy atom. The van der Waals surface area contributed by atoms with Crippen molar-refractivity contribution in [1.29, 1.82) is 0 Å². The molecule has 30 heavy (non-hydrogen) atoms. The lowest BCUT2D eigenvalue weighted by atomic mass is 10.1. The Labute approximate surface area is 193 Å². The highest BCUT2D eigenvalue weighted by Gasteiger charge is 2.29. The molecular formula is C24H31IN2O3. The van der Waals surface area contributed by atoms with Gasteiger partial charge in [-0.15, -0.1) is 0 Å². The van der Waals surface area contributed by atoms with Gasteiger partial charge in [-0.1, -0.05) is 45.0 Å². The van der Waals surface area contributed by atoms with Crippen LogP contribution in [0.25, 0.3) is 0 Å². The zero-order valence-electron chi connectivity index (χ0n) is 18.2. The summed E-state index contributed by atoms with van der Waals surface area (Å²) in [7, 11) is 0. The average Bonchev–Trinajstić information content (AvgIpc) is 2.72. The largest absolute Gasteiger partial charge is 0.484 e. The molecule has 0 saturated heterocycles. The van der Waals surface area contributed by atoms with Crippen molar-refractivity contribution in [2.45, 2.75) is 46.7 Å². The third-order valence-electron chi connectivity index (χ3n) is 4.85. The van der Waals surface area contributed by atoms with Crippen LogP contribution in [0.2, 0.25) is 0 Å². The molecule has 2 aromatic carbocycles. The van der Waals surface area contributed by atoms with Crippen molar-refractivity contribution >= 4 is 34.4 Å². The molecule has 5 nitrogen and oxygen atoms in total. The van der Waals surface area contributed by atoms with Gasteiger partial charge >= 0.3 is 0 Å². The highest BCUT2D eigenvalue weighted by Crippen LogP contribution is 2.17. The van der Waals surface area contributed by atoms with Crippen molar-refractivity contribution < 1.29 is 14.3 Å². The Morgan fingerprint density at radius 1 is 1.10 bits per heavy atom. The number of rotatable bonds is 10. The van der Waals surface area contributed by atoms with Gasteiger partial charge in [-0.25, -0.2) is 0 Å². The van der Waals surface area contributed by atoms with Crippen LogP contribution in [0.3, 0.4) is 0 Å². The summed E-state index contributed by atoms with van der Waals surface area (Å²) in [5.74, 6) is 0.652. The summed E-state index contributed by atoms with van der Waals surface area (Å²) < 4.78 is 6.82. The first kappa shape index (κ1) is 24.2. The number of nitrogens with zero attached hydrogens (tertiary/aromatic N) is 1. The van der Waals surface area contributed by atoms with Crippen molar-refractivity contribution in [1.82, 2.24) is 10.2 Å². The number of aryl methyl sites for hydroxylation is 1. The molecule has 0 aromatic heterocycles. The number of nitrogens with one attached hydrogen (secondary N) is 1. The molecule has 1 atom stereocenters. The lowest BCUT2D eigenvalue weighted by Crippen LogP contribution is -2.50. The number of hydrogen-bond donors (Lipinski definition) is 1. The molecule has 0 bridgehead atoms. The van der Waals surface area contributed by atoms with Gasteiger partial charge in [0, 0.05) is 16.7 Å². The van der Waals surface area contributed by atoms with Gasteiger partial charge in [-0.2, -0.15) is 0 Å². The second kappa shape index (κ2) is 11.9. The van der Waals surface area contributed by atoms with Gasteiger partial charge in [0.25, 0.3) is 5.91 Å². The smallest absolute Gasteiger partial charge is 0.261 e. The molecule has 0 radical (unpaired) electrons. The number of amides is 2. The fourth-order valence-corrected chi connectivity index (χ4v) is 3.43. The van der Waals surface area contributed by atoms with Gasteiger partial charge in [0.1, 0.15) is 11.8 Å². The van der Waals surface area contributed by atoms with Gasteiger partial charge in [-0.3, -0.25) is 9.59 Å². The standard InChI is InChI=1S/C24H31IN2O3/c1-5-22(24(29)26-14-17(2)3)27(15-19-9-7-6-8-18(19)4)23(28)16-30-21-12-10-20(25)11-13-21/h6-13,17,22H,5,14-16H2,1-4H3,(H,26,29)/t22-/m1/s1. The molecule has 2 rings (SSSR count). The predicted molar refractivity (Wildman–Crippen MR) is 128 cm³/mol. The van der Waals surface area contributed by atoms with Gasteiger partial charge in [0.2, 0.25) is 5.91 Å². The van der Waals surface area contributed by atoms with Crippen molar-refractivity contribution in [2.75, 3.05) is 13.2 Å². The van der Waals surface area contributed by atoms with E-state index in [0.717, 1.165) is 14.7 Å². The summed E-state index contributed by atoms with van der Waals surface area (Å²) in [5, 5.41) is 2.97. The zero-order valence-corrected chi connectivity index (χ0v) is 20.3. The minimum absolute atomic E-state index is 0.111. The Morgan fingerprint density at radius 3 is 2.37 bits per heavy atom. The van der Waals surface area contributed by atoms with Gasteiger partial charge in [0.05, 0.1) is 0 Å². The number of carbonyl (C=O) groups excluding carboxylic acids is 2. The van der Waals surface area contributed by atoms with E-state index in [1.165, 1.54) is 0 Å². The molecule has 0 aliphatic rings. The van der Waals surface area contributed by atoms with E-state index in [1.54, 1.807) is 4.90 Å². The summed E-state index contributed by atoms with van der Waals surface area (Å²) in [6, 6.07) is 14.9. The van der Waals surface area contributed by atoms with Crippen LogP contribution in [0.15, 0.2) is 48.5 Å². The van der Waals surface area contributed by atoms with E-state index in [-0.39, 0.29) is 18.4 Å². The topological polar surface area (TPSA) is 58.6 Å². The molecule has 0 unspecified atom stereocenters. The van der Waals surface area contributed by atoms with Crippen molar-refractivity contribution in [3.05, 3.63) is 63.2 Å². The Bertz CT molecular complexity index is 837. The van der Waals surface area contributed by atoms with E-state index in [0.29, 0.717) is 31.2 Å².